The van der Waals surface area contributed by atoms with Crippen LogP contribution in [0.15, 0.2) is 24.3 Å². The Morgan fingerprint density at radius 2 is 2.08 bits per heavy atom. The first-order valence-corrected chi connectivity index (χ1v) is 7.55. The molecule has 0 saturated heterocycles. The number of aromatic nitrogens is 2. The van der Waals surface area contributed by atoms with Crippen molar-refractivity contribution in [1.29, 1.82) is 0 Å². The van der Waals surface area contributed by atoms with Gasteiger partial charge in [0.25, 0.3) is 5.91 Å². The summed E-state index contributed by atoms with van der Waals surface area (Å²) in [7, 11) is 1.74. The quantitative estimate of drug-likeness (QED) is 0.845. The van der Waals surface area contributed by atoms with Crippen LogP contribution in [-0.2, 0) is 18.3 Å². The number of nitrogens with zero attached hydrogens (tertiary/aromatic N) is 2. The van der Waals surface area contributed by atoms with Crippen molar-refractivity contribution in [3.8, 4) is 0 Å². The Balaban J connectivity index is 2.06. The average molecular weight is 333 g/mol. The summed E-state index contributed by atoms with van der Waals surface area (Å²) < 4.78 is 14.8. The Morgan fingerprint density at radius 3 is 2.62 bits per heavy atom. The van der Waals surface area contributed by atoms with Gasteiger partial charge >= 0.3 is 5.97 Å². The highest BCUT2D eigenvalue weighted by Crippen LogP contribution is 2.13. The third-order valence-corrected chi connectivity index (χ3v) is 3.97. The maximum absolute atomic E-state index is 13.2. The van der Waals surface area contributed by atoms with Crippen LogP contribution in [0.4, 0.5) is 4.39 Å². The highest BCUT2D eigenvalue weighted by molar-refractivity contribution is 5.96. The van der Waals surface area contributed by atoms with Gasteiger partial charge in [-0.25, -0.2) is 4.39 Å². The number of nitrogens with one attached hydrogen (secondary N) is 1. The maximum atomic E-state index is 13.2. The minimum atomic E-state index is -1.04. The lowest BCUT2D eigenvalue weighted by Crippen LogP contribution is -2.34. The standard InChI is InChI=1S/C17H20FN3O3/c1-10-15(11(2)21(3)20-10)16(22)19-9-13(17(23)24)7-12-5-4-6-14(18)8-12/h4-6,8,13H,7,9H2,1-3H3,(H,19,22)(H,23,24). The molecule has 1 heterocycles. The third kappa shape index (κ3) is 3.98. The number of carboxylic acid groups (broad SMARTS) is 1. The molecular weight excluding hydrogens is 313 g/mol. The monoisotopic (exact) mass is 333 g/mol. The van der Waals surface area contributed by atoms with Crippen LogP contribution >= 0.6 is 0 Å². The van der Waals surface area contributed by atoms with Crippen LogP contribution in [0, 0.1) is 25.6 Å². The van der Waals surface area contributed by atoms with Gasteiger partial charge in [0.2, 0.25) is 0 Å². The molecule has 2 aromatic rings. The van der Waals surface area contributed by atoms with Crippen molar-refractivity contribution in [3.05, 3.63) is 52.6 Å². The zero-order valence-corrected chi connectivity index (χ0v) is 13.8. The molecule has 2 N–H and O–H groups in total. The maximum Gasteiger partial charge on any atom is 0.308 e. The summed E-state index contributed by atoms with van der Waals surface area (Å²) in [4.78, 5) is 23.7. The predicted molar refractivity (Wildman–Crippen MR) is 86.2 cm³/mol. The number of halogens is 1. The zero-order chi connectivity index (χ0) is 17.9. The molecule has 0 radical (unpaired) electrons. The van der Waals surface area contributed by atoms with Gasteiger partial charge in [0.1, 0.15) is 5.82 Å². The zero-order valence-electron chi connectivity index (χ0n) is 13.8. The molecule has 2 rings (SSSR count). The number of amides is 1. The van der Waals surface area contributed by atoms with Crippen molar-refractivity contribution >= 4 is 11.9 Å². The van der Waals surface area contributed by atoms with Crippen molar-refractivity contribution in [2.45, 2.75) is 20.3 Å². The fourth-order valence-electron chi connectivity index (χ4n) is 2.60. The van der Waals surface area contributed by atoms with Crippen molar-refractivity contribution in [2.75, 3.05) is 6.54 Å². The molecule has 1 aromatic carbocycles. The lowest BCUT2D eigenvalue weighted by molar-refractivity contribution is -0.141. The number of hydrogen-bond acceptors (Lipinski definition) is 3. The predicted octanol–water partition coefficient (Wildman–Crippen LogP) is 1.85. The Bertz CT molecular complexity index is 770. The van der Waals surface area contributed by atoms with Gasteiger partial charge in [0.05, 0.1) is 17.2 Å². The number of aryl methyl sites for hydroxylation is 2. The van der Waals surface area contributed by atoms with Gasteiger partial charge < -0.3 is 10.4 Å². The van der Waals surface area contributed by atoms with Gasteiger partial charge in [-0.2, -0.15) is 5.10 Å². The van der Waals surface area contributed by atoms with Crippen LogP contribution in [-0.4, -0.2) is 33.3 Å². The van der Waals surface area contributed by atoms with E-state index in [9.17, 15) is 19.1 Å². The van der Waals surface area contributed by atoms with Gasteiger partial charge in [-0.1, -0.05) is 12.1 Å². The molecule has 0 aliphatic heterocycles. The normalized spacial score (nSPS) is 12.0. The first-order valence-electron chi connectivity index (χ1n) is 7.55. The Morgan fingerprint density at radius 1 is 1.38 bits per heavy atom. The van der Waals surface area contributed by atoms with E-state index < -0.39 is 17.7 Å². The number of aliphatic carboxylic acids is 1. The van der Waals surface area contributed by atoms with Crippen molar-refractivity contribution < 1.29 is 19.1 Å². The minimum absolute atomic E-state index is 0.0432. The molecule has 1 atom stereocenters. The van der Waals surface area contributed by atoms with E-state index in [4.69, 9.17) is 0 Å². The lowest BCUT2D eigenvalue weighted by atomic mass is 9.99. The van der Waals surface area contributed by atoms with Crippen LogP contribution in [0.2, 0.25) is 0 Å². The molecule has 6 nitrogen and oxygen atoms in total. The molecule has 0 bridgehead atoms. The summed E-state index contributed by atoms with van der Waals surface area (Å²) in [6, 6.07) is 5.79. The first kappa shape index (κ1) is 17.7. The summed E-state index contributed by atoms with van der Waals surface area (Å²) in [5, 5.41) is 16.2. The minimum Gasteiger partial charge on any atom is -0.481 e. The SMILES string of the molecule is Cc1nn(C)c(C)c1C(=O)NCC(Cc1cccc(F)c1)C(=O)O. The van der Waals surface area contributed by atoms with E-state index >= 15 is 0 Å². The van der Waals surface area contributed by atoms with E-state index in [0.29, 0.717) is 22.5 Å². The average Bonchev–Trinajstić information content (AvgIpc) is 2.76. The summed E-state index contributed by atoms with van der Waals surface area (Å²) in [5.74, 6) is -2.65. The van der Waals surface area contributed by atoms with E-state index in [1.54, 1.807) is 31.6 Å². The van der Waals surface area contributed by atoms with E-state index in [1.165, 1.54) is 18.2 Å². The number of carboxylic acids is 1. The summed E-state index contributed by atoms with van der Waals surface area (Å²) in [6.45, 7) is 3.46. The molecule has 1 aromatic heterocycles. The second kappa shape index (κ2) is 7.25. The van der Waals surface area contributed by atoms with Crippen LogP contribution in [0.5, 0.6) is 0 Å². The number of hydrogen-bond donors (Lipinski definition) is 2. The first-order chi connectivity index (χ1) is 11.3. The van der Waals surface area contributed by atoms with Gasteiger partial charge in [-0.05, 0) is 38.0 Å². The number of benzene rings is 1. The Labute approximate surface area is 139 Å². The van der Waals surface area contributed by atoms with E-state index in [1.807, 2.05) is 0 Å². The summed E-state index contributed by atoms with van der Waals surface area (Å²) in [5.41, 5.74) is 2.32. The molecule has 7 heteroatoms. The number of rotatable bonds is 6. The molecule has 0 saturated carbocycles. The van der Waals surface area contributed by atoms with Crippen molar-refractivity contribution in [3.63, 3.8) is 0 Å². The van der Waals surface area contributed by atoms with Gasteiger partial charge in [-0.15, -0.1) is 0 Å². The molecule has 24 heavy (non-hydrogen) atoms. The smallest absolute Gasteiger partial charge is 0.308 e. The highest BCUT2D eigenvalue weighted by atomic mass is 19.1. The van der Waals surface area contributed by atoms with E-state index in [0.717, 1.165) is 0 Å². The third-order valence-electron chi connectivity index (χ3n) is 3.97. The summed E-state index contributed by atoms with van der Waals surface area (Å²) >= 11 is 0. The topological polar surface area (TPSA) is 84.2 Å². The van der Waals surface area contributed by atoms with Crippen LogP contribution in [0.25, 0.3) is 0 Å². The fraction of sp³-hybridized carbons (Fsp3) is 0.353. The van der Waals surface area contributed by atoms with Gasteiger partial charge in [0.15, 0.2) is 0 Å². The number of carbonyl (C=O) groups excluding carboxylic acids is 1. The van der Waals surface area contributed by atoms with Gasteiger partial charge in [-0.3, -0.25) is 14.3 Å². The molecule has 0 aliphatic rings. The summed E-state index contributed by atoms with van der Waals surface area (Å²) in [6.07, 6.45) is 0.137. The Hall–Kier alpha value is -2.70. The largest absolute Gasteiger partial charge is 0.481 e. The fourth-order valence-corrected chi connectivity index (χ4v) is 2.60. The molecular formula is C17H20FN3O3. The van der Waals surface area contributed by atoms with Crippen molar-refractivity contribution in [1.82, 2.24) is 15.1 Å². The van der Waals surface area contributed by atoms with Crippen molar-refractivity contribution in [2.24, 2.45) is 13.0 Å². The van der Waals surface area contributed by atoms with Gasteiger partial charge in [0, 0.05) is 19.3 Å². The second-order valence-corrected chi connectivity index (χ2v) is 5.75. The molecule has 1 amide bonds. The Kier molecular flexibility index (Phi) is 5.33. The van der Waals surface area contributed by atoms with Crippen LogP contribution in [0.1, 0.15) is 27.3 Å². The highest BCUT2D eigenvalue weighted by Gasteiger charge is 2.22. The van der Waals surface area contributed by atoms with Crippen LogP contribution < -0.4 is 5.32 Å². The molecule has 0 fully saturated rings. The second-order valence-electron chi connectivity index (χ2n) is 5.75. The van der Waals surface area contributed by atoms with E-state index in [-0.39, 0.29) is 18.9 Å². The number of carbonyl (C=O) groups is 2. The van der Waals surface area contributed by atoms with E-state index in [2.05, 4.69) is 10.4 Å². The van der Waals surface area contributed by atoms with Crippen LogP contribution in [0.3, 0.4) is 0 Å². The molecule has 0 spiro atoms. The molecule has 1 unspecified atom stereocenters. The molecule has 0 aliphatic carbocycles. The molecule has 128 valence electrons. The lowest BCUT2D eigenvalue weighted by Gasteiger charge is -2.14.